The number of halogens is 2. The van der Waals surface area contributed by atoms with Gasteiger partial charge >= 0.3 is 5.97 Å². The molecule has 0 radical (unpaired) electrons. The van der Waals surface area contributed by atoms with Crippen molar-refractivity contribution in [2.45, 2.75) is 0 Å². The van der Waals surface area contributed by atoms with E-state index < -0.39 is 18.4 Å². The molecule has 0 fully saturated rings. The average Bonchev–Trinajstić information content (AvgIpc) is 2.19. The predicted octanol–water partition coefficient (Wildman–Crippen LogP) is 1.55. The molecule has 1 amide bonds. The van der Waals surface area contributed by atoms with E-state index >= 15 is 0 Å². The Morgan fingerprint density at radius 3 is 2.62 bits per heavy atom. The van der Waals surface area contributed by atoms with E-state index in [2.05, 4.69) is 4.98 Å². The molecule has 1 N–H and O–H groups in total. The van der Waals surface area contributed by atoms with Crippen molar-refractivity contribution in [3.8, 4) is 0 Å². The molecule has 0 spiro atoms. The number of likely N-dealkylation sites (N-methyl/N-ethyl adjacent to an activating group) is 1. The lowest BCUT2D eigenvalue weighted by Crippen LogP contribution is -2.32. The molecule has 1 heterocycles. The van der Waals surface area contributed by atoms with Gasteiger partial charge < -0.3 is 10.0 Å². The zero-order chi connectivity index (χ0) is 12.3. The van der Waals surface area contributed by atoms with Crippen molar-refractivity contribution in [1.29, 1.82) is 0 Å². The average molecular weight is 263 g/mol. The van der Waals surface area contributed by atoms with Crippen molar-refractivity contribution in [2.24, 2.45) is 0 Å². The zero-order valence-electron chi connectivity index (χ0n) is 8.28. The molecule has 16 heavy (non-hydrogen) atoms. The number of amides is 1. The third-order valence-electron chi connectivity index (χ3n) is 1.73. The maximum absolute atomic E-state index is 11.7. The highest BCUT2D eigenvalue weighted by Gasteiger charge is 2.18. The van der Waals surface area contributed by atoms with E-state index in [1.807, 2.05) is 0 Å². The molecule has 0 saturated heterocycles. The molecule has 0 unspecified atom stereocenters. The number of pyridine rings is 1. The summed E-state index contributed by atoms with van der Waals surface area (Å²) >= 11 is 11.4. The quantitative estimate of drug-likeness (QED) is 0.840. The smallest absolute Gasteiger partial charge is 0.323 e. The van der Waals surface area contributed by atoms with Gasteiger partial charge in [-0.15, -0.1) is 0 Å². The van der Waals surface area contributed by atoms with Gasteiger partial charge in [-0.25, -0.2) is 4.98 Å². The lowest BCUT2D eigenvalue weighted by atomic mass is 10.3. The van der Waals surface area contributed by atoms with Crippen LogP contribution >= 0.6 is 23.2 Å². The Bertz CT molecular complexity index is 437. The van der Waals surface area contributed by atoms with Crippen LogP contribution in [-0.2, 0) is 4.79 Å². The highest BCUT2D eigenvalue weighted by Crippen LogP contribution is 2.17. The van der Waals surface area contributed by atoms with Gasteiger partial charge in [0.1, 0.15) is 17.4 Å². The lowest BCUT2D eigenvalue weighted by Gasteiger charge is -2.14. The summed E-state index contributed by atoms with van der Waals surface area (Å²) in [5.41, 5.74) is -0.0575. The van der Waals surface area contributed by atoms with Gasteiger partial charge in [0.15, 0.2) is 0 Å². The number of carboxylic acids is 1. The second-order valence-electron chi connectivity index (χ2n) is 3.02. The molecule has 0 aliphatic heterocycles. The van der Waals surface area contributed by atoms with Crippen molar-refractivity contribution in [1.82, 2.24) is 9.88 Å². The number of hydrogen-bond acceptors (Lipinski definition) is 3. The first-order chi connectivity index (χ1) is 7.41. The number of aromatic nitrogens is 1. The fourth-order valence-corrected chi connectivity index (χ4v) is 1.36. The molecule has 0 bridgehead atoms. The minimum absolute atomic E-state index is 0.0575. The van der Waals surface area contributed by atoms with Crippen molar-refractivity contribution >= 4 is 35.1 Å². The van der Waals surface area contributed by atoms with Gasteiger partial charge in [0.2, 0.25) is 0 Å². The van der Waals surface area contributed by atoms with Crippen LogP contribution in [0.5, 0.6) is 0 Å². The summed E-state index contributed by atoms with van der Waals surface area (Å²) in [6.45, 7) is -0.427. The fraction of sp³-hybridized carbons (Fsp3) is 0.222. The van der Waals surface area contributed by atoms with E-state index in [4.69, 9.17) is 28.3 Å². The SMILES string of the molecule is CN(CC(=O)O)C(=O)c1nc(Cl)ccc1Cl. The van der Waals surface area contributed by atoms with Crippen LogP contribution < -0.4 is 0 Å². The second-order valence-corrected chi connectivity index (χ2v) is 3.81. The summed E-state index contributed by atoms with van der Waals surface area (Å²) in [7, 11) is 1.34. The van der Waals surface area contributed by atoms with Crippen LogP contribution in [0.2, 0.25) is 10.2 Å². The number of rotatable bonds is 3. The van der Waals surface area contributed by atoms with Crippen LogP contribution in [0.3, 0.4) is 0 Å². The van der Waals surface area contributed by atoms with Gasteiger partial charge in [-0.05, 0) is 12.1 Å². The van der Waals surface area contributed by atoms with Crippen molar-refractivity contribution in [3.05, 3.63) is 28.0 Å². The lowest BCUT2D eigenvalue weighted by molar-refractivity contribution is -0.137. The molecule has 1 rings (SSSR count). The number of hydrogen-bond donors (Lipinski definition) is 1. The molecule has 0 aromatic carbocycles. The molecule has 0 saturated carbocycles. The monoisotopic (exact) mass is 262 g/mol. The molecule has 1 aromatic rings. The number of carbonyl (C=O) groups is 2. The Morgan fingerprint density at radius 1 is 1.44 bits per heavy atom. The predicted molar refractivity (Wildman–Crippen MR) is 58.9 cm³/mol. The molecular weight excluding hydrogens is 255 g/mol. The maximum Gasteiger partial charge on any atom is 0.323 e. The first kappa shape index (κ1) is 12.7. The van der Waals surface area contributed by atoms with Crippen LogP contribution in [0, 0.1) is 0 Å². The molecule has 0 aliphatic rings. The first-order valence-electron chi connectivity index (χ1n) is 4.21. The Morgan fingerprint density at radius 2 is 2.06 bits per heavy atom. The third-order valence-corrected chi connectivity index (χ3v) is 2.25. The van der Waals surface area contributed by atoms with Gasteiger partial charge in [-0.3, -0.25) is 9.59 Å². The van der Waals surface area contributed by atoms with Gasteiger partial charge in [0.05, 0.1) is 5.02 Å². The summed E-state index contributed by atoms with van der Waals surface area (Å²) < 4.78 is 0. The number of aliphatic carboxylic acids is 1. The largest absolute Gasteiger partial charge is 0.480 e. The number of carbonyl (C=O) groups excluding carboxylic acids is 1. The Hall–Kier alpha value is -1.33. The fourth-order valence-electron chi connectivity index (χ4n) is 1.02. The molecule has 0 aliphatic carbocycles. The van der Waals surface area contributed by atoms with Gasteiger partial charge in [0, 0.05) is 7.05 Å². The van der Waals surface area contributed by atoms with E-state index in [-0.39, 0.29) is 15.9 Å². The van der Waals surface area contributed by atoms with Crippen molar-refractivity contribution < 1.29 is 14.7 Å². The minimum atomic E-state index is -1.12. The molecule has 5 nitrogen and oxygen atoms in total. The van der Waals surface area contributed by atoms with Gasteiger partial charge in [-0.1, -0.05) is 23.2 Å². The molecule has 86 valence electrons. The van der Waals surface area contributed by atoms with Crippen LogP contribution in [0.1, 0.15) is 10.5 Å². The molecule has 1 aromatic heterocycles. The summed E-state index contributed by atoms with van der Waals surface area (Å²) in [5, 5.41) is 8.78. The molecule has 7 heteroatoms. The third kappa shape index (κ3) is 3.08. The van der Waals surface area contributed by atoms with E-state index in [0.717, 1.165) is 4.90 Å². The van der Waals surface area contributed by atoms with Crippen molar-refractivity contribution in [2.75, 3.05) is 13.6 Å². The van der Waals surface area contributed by atoms with Crippen LogP contribution in [0.4, 0.5) is 0 Å². The van der Waals surface area contributed by atoms with Gasteiger partial charge in [0.25, 0.3) is 5.91 Å². The van der Waals surface area contributed by atoms with Crippen LogP contribution in [0.25, 0.3) is 0 Å². The summed E-state index contributed by atoms with van der Waals surface area (Å²) in [6.07, 6.45) is 0. The van der Waals surface area contributed by atoms with Crippen molar-refractivity contribution in [3.63, 3.8) is 0 Å². The summed E-state index contributed by atoms with van der Waals surface area (Å²) in [6, 6.07) is 2.87. The van der Waals surface area contributed by atoms with E-state index in [9.17, 15) is 9.59 Å². The molecular formula is C9H8Cl2N2O3. The first-order valence-corrected chi connectivity index (χ1v) is 4.96. The normalized spacial score (nSPS) is 9.94. The summed E-state index contributed by atoms with van der Waals surface area (Å²) in [5.74, 6) is -1.70. The highest BCUT2D eigenvalue weighted by atomic mass is 35.5. The van der Waals surface area contributed by atoms with E-state index in [0.29, 0.717) is 0 Å². The Kier molecular flexibility index (Phi) is 4.09. The maximum atomic E-state index is 11.7. The number of nitrogens with zero attached hydrogens (tertiary/aromatic N) is 2. The van der Waals surface area contributed by atoms with E-state index in [1.165, 1.54) is 19.2 Å². The van der Waals surface area contributed by atoms with Crippen LogP contribution in [0.15, 0.2) is 12.1 Å². The van der Waals surface area contributed by atoms with Gasteiger partial charge in [-0.2, -0.15) is 0 Å². The Labute approximate surface area is 102 Å². The topological polar surface area (TPSA) is 70.5 Å². The summed E-state index contributed by atoms with van der Waals surface area (Å²) in [4.78, 5) is 26.9. The van der Waals surface area contributed by atoms with E-state index in [1.54, 1.807) is 0 Å². The standard InChI is InChI=1S/C9H8Cl2N2O3/c1-13(4-7(14)15)9(16)8-5(10)2-3-6(11)12-8/h2-3H,4H2,1H3,(H,14,15). The zero-order valence-corrected chi connectivity index (χ0v) is 9.79. The highest BCUT2D eigenvalue weighted by molar-refractivity contribution is 6.34. The second kappa shape index (κ2) is 5.14. The number of carboxylic acid groups (broad SMARTS) is 1. The molecule has 0 atom stereocenters. The van der Waals surface area contributed by atoms with Crippen LogP contribution in [-0.4, -0.2) is 40.5 Å². The minimum Gasteiger partial charge on any atom is -0.480 e. The Balaban J connectivity index is 2.95.